The molecule has 3 heteroatoms. The average molecular weight is 457 g/mol. The molecule has 3 fully saturated rings. The Morgan fingerprint density at radius 3 is 2.12 bits per heavy atom. The lowest BCUT2D eigenvalue weighted by Gasteiger charge is -2.69. The Hall–Kier alpha value is -0.830. The molecule has 0 bridgehead atoms. The number of carbonyl (C=O) groups is 1. The van der Waals surface area contributed by atoms with Crippen molar-refractivity contribution < 1.29 is 15.0 Å². The molecule has 0 radical (unpaired) electrons. The van der Waals surface area contributed by atoms with Crippen LogP contribution in [0.5, 0.6) is 0 Å². The Morgan fingerprint density at radius 2 is 1.45 bits per heavy atom. The molecule has 0 aromatic carbocycles. The number of aliphatic carboxylic acids is 1. The minimum absolute atomic E-state index is 0.0228. The first-order valence-electron chi connectivity index (χ1n) is 13.8. The van der Waals surface area contributed by atoms with Crippen LogP contribution >= 0.6 is 0 Å². The van der Waals surface area contributed by atoms with Crippen molar-refractivity contribution in [3.05, 3.63) is 11.1 Å². The normalized spacial score (nSPS) is 53.4. The number of carboxylic acids is 1. The van der Waals surface area contributed by atoms with Crippen molar-refractivity contribution in [1.29, 1.82) is 0 Å². The van der Waals surface area contributed by atoms with Gasteiger partial charge in [-0.2, -0.15) is 0 Å². The fourth-order valence-corrected chi connectivity index (χ4v) is 10.5. The number of aliphatic hydroxyl groups is 1. The molecule has 0 heterocycles. The van der Waals surface area contributed by atoms with Crippen molar-refractivity contribution in [3.63, 3.8) is 0 Å². The van der Waals surface area contributed by atoms with Crippen LogP contribution in [0.25, 0.3) is 0 Å². The highest BCUT2D eigenvalue weighted by Crippen LogP contribution is 2.75. The molecule has 0 aromatic rings. The predicted octanol–water partition coefficient (Wildman–Crippen LogP) is 7.38. The van der Waals surface area contributed by atoms with Crippen molar-refractivity contribution in [3.8, 4) is 0 Å². The highest BCUT2D eigenvalue weighted by molar-refractivity contribution is 5.74. The monoisotopic (exact) mass is 456 g/mol. The van der Waals surface area contributed by atoms with Crippen LogP contribution in [-0.4, -0.2) is 22.3 Å². The maximum absolute atomic E-state index is 12.3. The summed E-state index contributed by atoms with van der Waals surface area (Å²) in [6.45, 7) is 16.8. The fourth-order valence-electron chi connectivity index (χ4n) is 10.5. The Bertz CT molecular complexity index is 902. The van der Waals surface area contributed by atoms with Gasteiger partial charge in [0.1, 0.15) is 0 Å². The lowest BCUT2D eigenvalue weighted by atomic mass is 9.35. The Balaban J connectivity index is 1.59. The minimum Gasteiger partial charge on any atom is -0.481 e. The number of aliphatic hydroxyl groups excluding tert-OH is 1. The second kappa shape index (κ2) is 6.89. The molecule has 0 saturated heterocycles. The van der Waals surface area contributed by atoms with Gasteiger partial charge in [0.25, 0.3) is 0 Å². The van der Waals surface area contributed by atoms with Crippen LogP contribution in [0, 0.1) is 44.3 Å². The summed E-state index contributed by atoms with van der Waals surface area (Å²) in [4.78, 5) is 12.3. The van der Waals surface area contributed by atoms with E-state index in [2.05, 4.69) is 41.5 Å². The zero-order valence-electron chi connectivity index (χ0n) is 22.3. The quantitative estimate of drug-likeness (QED) is 0.405. The second-order valence-corrected chi connectivity index (χ2v) is 14.9. The number of hydrogen-bond acceptors (Lipinski definition) is 2. The second-order valence-electron chi connectivity index (χ2n) is 14.9. The summed E-state index contributed by atoms with van der Waals surface area (Å²) in [6, 6.07) is 0. The van der Waals surface area contributed by atoms with E-state index in [1.54, 1.807) is 11.1 Å². The molecule has 33 heavy (non-hydrogen) atoms. The molecule has 2 N–H and O–H groups in total. The van der Waals surface area contributed by atoms with Gasteiger partial charge >= 0.3 is 5.97 Å². The van der Waals surface area contributed by atoms with Gasteiger partial charge in [-0.05, 0) is 116 Å². The van der Waals surface area contributed by atoms with E-state index in [9.17, 15) is 15.0 Å². The van der Waals surface area contributed by atoms with Gasteiger partial charge in [0.05, 0.1) is 11.5 Å². The van der Waals surface area contributed by atoms with E-state index >= 15 is 0 Å². The summed E-state index contributed by atoms with van der Waals surface area (Å²) < 4.78 is 0. The minimum atomic E-state index is -0.591. The van der Waals surface area contributed by atoms with Crippen LogP contribution in [0.2, 0.25) is 0 Å². The smallest absolute Gasteiger partial charge is 0.309 e. The molecule has 5 aliphatic carbocycles. The van der Waals surface area contributed by atoms with Gasteiger partial charge < -0.3 is 10.2 Å². The largest absolute Gasteiger partial charge is 0.481 e. The summed E-state index contributed by atoms with van der Waals surface area (Å²) in [5.74, 6) is 0.439. The van der Waals surface area contributed by atoms with E-state index in [0.29, 0.717) is 11.8 Å². The molecule has 0 aliphatic heterocycles. The van der Waals surface area contributed by atoms with Crippen molar-refractivity contribution in [1.82, 2.24) is 0 Å². The molecular formula is C30H48O3. The lowest BCUT2D eigenvalue weighted by Crippen LogP contribution is -2.61. The summed E-state index contributed by atoms with van der Waals surface area (Å²) >= 11 is 0. The number of allylic oxidation sites excluding steroid dienone is 2. The van der Waals surface area contributed by atoms with Gasteiger partial charge in [0.15, 0.2) is 0 Å². The van der Waals surface area contributed by atoms with Crippen molar-refractivity contribution in [2.45, 2.75) is 125 Å². The summed E-state index contributed by atoms with van der Waals surface area (Å²) in [5.41, 5.74) is 3.74. The molecule has 3 saturated carbocycles. The first kappa shape index (κ1) is 23.9. The van der Waals surface area contributed by atoms with Crippen LogP contribution in [0.15, 0.2) is 11.1 Å². The van der Waals surface area contributed by atoms with Crippen LogP contribution < -0.4 is 0 Å². The molecule has 8 atom stereocenters. The van der Waals surface area contributed by atoms with Crippen molar-refractivity contribution in [2.75, 3.05) is 0 Å². The molecule has 1 unspecified atom stereocenters. The maximum Gasteiger partial charge on any atom is 0.309 e. The molecular weight excluding hydrogens is 408 g/mol. The third kappa shape index (κ3) is 2.87. The standard InChI is InChI=1S/C30H48O3/c1-25(2)21-9-8-20-19(28(21,5)12-11-23(25)31)10-13-30(7)22-18-27(4,24(32)33)15-14-26(22,3)16-17-29(20,30)6/h21-23,31H,8-18H2,1-7H3,(H,32,33)/t21-,22+,23?,26+,27-,28+,29+,30-/m0/s1. The molecule has 0 aromatic heterocycles. The van der Waals surface area contributed by atoms with Gasteiger partial charge in [0, 0.05) is 0 Å². The molecule has 5 aliphatic rings. The highest BCUT2D eigenvalue weighted by atomic mass is 16.4. The SMILES string of the molecule is CC1(C)C(O)CC[C@]2(C)C3=C(CC[C@@H]12)[C@@]1(C)CC[C@@]2(C)CC[C@](C)(C(=O)O)C[C@H]2[C@]1(C)CC3. The predicted molar refractivity (Wildman–Crippen MR) is 133 cm³/mol. The highest BCUT2D eigenvalue weighted by Gasteiger charge is 2.66. The van der Waals surface area contributed by atoms with E-state index in [1.807, 2.05) is 6.92 Å². The number of carboxylic acid groups (broad SMARTS) is 1. The molecule has 5 rings (SSSR count). The zero-order chi connectivity index (χ0) is 24.2. The first-order valence-corrected chi connectivity index (χ1v) is 13.8. The van der Waals surface area contributed by atoms with Gasteiger partial charge in [-0.1, -0.05) is 52.7 Å². The van der Waals surface area contributed by atoms with Crippen molar-refractivity contribution >= 4 is 5.97 Å². The molecule has 3 nitrogen and oxygen atoms in total. The van der Waals surface area contributed by atoms with Gasteiger partial charge in [-0.3, -0.25) is 4.79 Å². The van der Waals surface area contributed by atoms with Gasteiger partial charge in [-0.15, -0.1) is 0 Å². The average Bonchev–Trinajstić information content (AvgIpc) is 2.74. The first-order chi connectivity index (χ1) is 15.1. The number of fused-ring (bicyclic) bond motifs is 6. The Labute approximate surface area is 201 Å². The topological polar surface area (TPSA) is 57.5 Å². The van der Waals surface area contributed by atoms with Crippen LogP contribution in [0.4, 0.5) is 0 Å². The van der Waals surface area contributed by atoms with Crippen LogP contribution in [-0.2, 0) is 4.79 Å². The number of rotatable bonds is 1. The summed E-state index contributed by atoms with van der Waals surface area (Å²) in [7, 11) is 0. The zero-order valence-corrected chi connectivity index (χ0v) is 22.3. The van der Waals surface area contributed by atoms with Gasteiger partial charge in [-0.25, -0.2) is 0 Å². The summed E-state index contributed by atoms with van der Waals surface area (Å²) in [5, 5.41) is 21.0. The lowest BCUT2D eigenvalue weighted by molar-refractivity contribution is -0.175. The van der Waals surface area contributed by atoms with Crippen LogP contribution in [0.1, 0.15) is 119 Å². The summed E-state index contributed by atoms with van der Waals surface area (Å²) in [6.07, 6.45) is 11.8. The van der Waals surface area contributed by atoms with Crippen LogP contribution in [0.3, 0.4) is 0 Å². The molecule has 0 spiro atoms. The van der Waals surface area contributed by atoms with E-state index in [-0.39, 0.29) is 33.2 Å². The molecule has 186 valence electrons. The van der Waals surface area contributed by atoms with E-state index in [4.69, 9.17) is 0 Å². The Morgan fingerprint density at radius 1 is 0.788 bits per heavy atom. The van der Waals surface area contributed by atoms with E-state index in [1.165, 1.54) is 38.5 Å². The maximum atomic E-state index is 12.3. The Kier molecular flexibility index (Phi) is 4.99. The van der Waals surface area contributed by atoms with Gasteiger partial charge in [0.2, 0.25) is 0 Å². The third-order valence-corrected chi connectivity index (χ3v) is 13.2. The molecule has 0 amide bonds. The third-order valence-electron chi connectivity index (χ3n) is 13.2. The van der Waals surface area contributed by atoms with Crippen molar-refractivity contribution in [2.24, 2.45) is 44.3 Å². The fraction of sp³-hybridized carbons (Fsp3) is 0.900. The number of hydrogen-bond donors (Lipinski definition) is 2. The van der Waals surface area contributed by atoms with E-state index < -0.39 is 11.4 Å². The van der Waals surface area contributed by atoms with E-state index in [0.717, 1.165) is 32.1 Å².